The van der Waals surface area contributed by atoms with E-state index < -0.39 is 11.9 Å². The van der Waals surface area contributed by atoms with Crippen LogP contribution in [0.4, 0.5) is 4.79 Å². The van der Waals surface area contributed by atoms with Crippen LogP contribution < -0.4 is 0 Å². The van der Waals surface area contributed by atoms with Gasteiger partial charge in [-0.15, -0.1) is 0 Å². The van der Waals surface area contributed by atoms with Crippen molar-refractivity contribution in [1.29, 1.82) is 0 Å². The van der Waals surface area contributed by atoms with Gasteiger partial charge in [0.25, 0.3) is 0 Å². The lowest BCUT2D eigenvalue weighted by atomic mass is 10.0. The van der Waals surface area contributed by atoms with E-state index in [0.29, 0.717) is 26.1 Å². The van der Waals surface area contributed by atoms with Crippen LogP contribution in [-0.4, -0.2) is 64.3 Å². The van der Waals surface area contributed by atoms with Gasteiger partial charge in [0, 0.05) is 25.7 Å². The van der Waals surface area contributed by atoms with E-state index in [-0.39, 0.29) is 18.7 Å². The molecule has 2 atom stereocenters. The molecule has 1 heterocycles. The standard InChI is InChI=1S/C13H24N2O4/c1-3-4-6-14(8-9-16)13(19)15-7-5-11(10(15)2)12(17)18/h10-11,16H,3-9H2,1-2H3,(H,17,18). The Morgan fingerprint density at radius 3 is 2.53 bits per heavy atom. The van der Waals surface area contributed by atoms with Gasteiger partial charge < -0.3 is 20.0 Å². The van der Waals surface area contributed by atoms with Crippen LogP contribution in [0.3, 0.4) is 0 Å². The zero-order valence-electron chi connectivity index (χ0n) is 11.7. The number of aliphatic carboxylic acids is 1. The fourth-order valence-electron chi connectivity index (χ4n) is 2.49. The number of carbonyl (C=O) groups is 2. The highest BCUT2D eigenvalue weighted by atomic mass is 16.4. The van der Waals surface area contributed by atoms with Crippen LogP contribution in [0.25, 0.3) is 0 Å². The SMILES string of the molecule is CCCCN(CCO)C(=O)N1CCC(C(=O)O)C1C. The number of urea groups is 1. The number of hydrogen-bond donors (Lipinski definition) is 2. The minimum absolute atomic E-state index is 0.0694. The van der Waals surface area contributed by atoms with Gasteiger partial charge in [0.15, 0.2) is 0 Å². The normalized spacial score (nSPS) is 22.6. The largest absolute Gasteiger partial charge is 0.481 e. The minimum Gasteiger partial charge on any atom is -0.481 e. The molecule has 0 spiro atoms. The maximum atomic E-state index is 12.4. The predicted octanol–water partition coefficient (Wildman–Crippen LogP) is 0.996. The smallest absolute Gasteiger partial charge is 0.320 e. The summed E-state index contributed by atoms with van der Waals surface area (Å²) < 4.78 is 0. The van der Waals surface area contributed by atoms with Gasteiger partial charge in [-0.2, -0.15) is 0 Å². The molecular weight excluding hydrogens is 248 g/mol. The Morgan fingerprint density at radius 1 is 1.37 bits per heavy atom. The molecule has 0 aromatic heterocycles. The monoisotopic (exact) mass is 272 g/mol. The van der Waals surface area contributed by atoms with Gasteiger partial charge in [0.2, 0.25) is 0 Å². The number of carboxylic acids is 1. The number of unbranched alkanes of at least 4 members (excludes halogenated alkanes) is 1. The van der Waals surface area contributed by atoms with Crippen LogP contribution in [0.1, 0.15) is 33.1 Å². The van der Waals surface area contributed by atoms with Crippen LogP contribution in [0.2, 0.25) is 0 Å². The van der Waals surface area contributed by atoms with Crippen LogP contribution in [0.15, 0.2) is 0 Å². The fourth-order valence-corrected chi connectivity index (χ4v) is 2.49. The van der Waals surface area contributed by atoms with E-state index in [0.717, 1.165) is 12.8 Å². The second-order valence-corrected chi connectivity index (χ2v) is 5.01. The van der Waals surface area contributed by atoms with Crippen molar-refractivity contribution >= 4 is 12.0 Å². The van der Waals surface area contributed by atoms with Gasteiger partial charge in [0.05, 0.1) is 12.5 Å². The molecule has 1 aliphatic rings. The van der Waals surface area contributed by atoms with Crippen LogP contribution in [-0.2, 0) is 4.79 Å². The van der Waals surface area contributed by atoms with Gasteiger partial charge in [-0.3, -0.25) is 4.79 Å². The lowest BCUT2D eigenvalue weighted by Gasteiger charge is -2.30. The summed E-state index contributed by atoms with van der Waals surface area (Å²) in [5.74, 6) is -1.32. The van der Waals surface area contributed by atoms with Crippen LogP contribution in [0, 0.1) is 5.92 Å². The molecule has 0 aliphatic carbocycles. The Bertz CT molecular complexity index is 322. The molecule has 2 N–H and O–H groups in total. The summed E-state index contributed by atoms with van der Waals surface area (Å²) in [6.07, 6.45) is 2.36. The van der Waals surface area contributed by atoms with Crippen molar-refractivity contribution in [2.45, 2.75) is 39.2 Å². The van der Waals surface area contributed by atoms with Crippen molar-refractivity contribution in [2.24, 2.45) is 5.92 Å². The van der Waals surface area contributed by atoms with Crippen molar-refractivity contribution < 1.29 is 19.8 Å². The molecule has 1 aliphatic heterocycles. The Hall–Kier alpha value is -1.30. The van der Waals surface area contributed by atoms with Gasteiger partial charge in [-0.25, -0.2) is 4.79 Å². The molecule has 0 bridgehead atoms. The lowest BCUT2D eigenvalue weighted by Crippen LogP contribution is -2.47. The average Bonchev–Trinajstić information content (AvgIpc) is 2.75. The third kappa shape index (κ3) is 3.83. The van der Waals surface area contributed by atoms with E-state index in [1.54, 1.807) is 16.7 Å². The number of nitrogens with zero attached hydrogens (tertiary/aromatic N) is 2. The van der Waals surface area contributed by atoms with Gasteiger partial charge >= 0.3 is 12.0 Å². The summed E-state index contributed by atoms with van der Waals surface area (Å²) in [5.41, 5.74) is 0. The molecule has 0 aromatic rings. The van der Waals surface area contributed by atoms with Crippen molar-refractivity contribution in [3.8, 4) is 0 Å². The third-order valence-corrected chi connectivity index (χ3v) is 3.74. The van der Waals surface area contributed by atoms with Crippen molar-refractivity contribution in [1.82, 2.24) is 9.80 Å². The third-order valence-electron chi connectivity index (χ3n) is 3.74. The summed E-state index contributed by atoms with van der Waals surface area (Å²) in [7, 11) is 0. The first-order valence-corrected chi connectivity index (χ1v) is 6.92. The highest BCUT2D eigenvalue weighted by molar-refractivity contribution is 5.78. The molecule has 2 unspecified atom stereocenters. The van der Waals surface area contributed by atoms with E-state index >= 15 is 0 Å². The molecule has 110 valence electrons. The zero-order chi connectivity index (χ0) is 14.4. The molecule has 6 heteroatoms. The van der Waals surface area contributed by atoms with E-state index in [4.69, 9.17) is 10.2 Å². The Kier molecular flexibility index (Phi) is 6.08. The minimum atomic E-state index is -0.843. The number of carbonyl (C=O) groups excluding carboxylic acids is 1. The molecule has 2 amide bonds. The number of rotatable bonds is 6. The predicted molar refractivity (Wildman–Crippen MR) is 70.9 cm³/mol. The Labute approximate surface area is 114 Å². The highest BCUT2D eigenvalue weighted by Gasteiger charge is 2.39. The van der Waals surface area contributed by atoms with Crippen molar-refractivity contribution in [3.05, 3.63) is 0 Å². The maximum Gasteiger partial charge on any atom is 0.320 e. The molecular formula is C13H24N2O4. The van der Waals surface area contributed by atoms with Crippen LogP contribution in [0.5, 0.6) is 0 Å². The number of likely N-dealkylation sites (tertiary alicyclic amines) is 1. The van der Waals surface area contributed by atoms with Crippen molar-refractivity contribution in [2.75, 3.05) is 26.2 Å². The zero-order valence-corrected chi connectivity index (χ0v) is 11.7. The molecule has 1 rings (SSSR count). The number of aliphatic hydroxyl groups is 1. The summed E-state index contributed by atoms with van der Waals surface area (Å²) in [6.45, 7) is 5.14. The summed E-state index contributed by atoms with van der Waals surface area (Å²) in [5, 5.41) is 18.1. The van der Waals surface area contributed by atoms with E-state index in [2.05, 4.69) is 0 Å². The highest BCUT2D eigenvalue weighted by Crippen LogP contribution is 2.25. The number of hydrogen-bond acceptors (Lipinski definition) is 3. The summed E-state index contributed by atoms with van der Waals surface area (Å²) >= 11 is 0. The lowest BCUT2D eigenvalue weighted by molar-refractivity contribution is -0.142. The van der Waals surface area contributed by atoms with E-state index in [1.807, 2.05) is 6.92 Å². The van der Waals surface area contributed by atoms with E-state index in [1.165, 1.54) is 0 Å². The first-order valence-electron chi connectivity index (χ1n) is 6.92. The van der Waals surface area contributed by atoms with Gasteiger partial charge in [0.1, 0.15) is 0 Å². The number of aliphatic hydroxyl groups excluding tert-OH is 1. The first-order chi connectivity index (χ1) is 9.02. The molecule has 6 nitrogen and oxygen atoms in total. The summed E-state index contributed by atoms with van der Waals surface area (Å²) in [4.78, 5) is 26.7. The maximum absolute atomic E-state index is 12.4. The number of carboxylic acid groups (broad SMARTS) is 1. The molecule has 0 radical (unpaired) electrons. The Balaban J connectivity index is 2.66. The van der Waals surface area contributed by atoms with Gasteiger partial charge in [-0.05, 0) is 19.8 Å². The molecule has 1 fully saturated rings. The van der Waals surface area contributed by atoms with Crippen LogP contribution >= 0.6 is 0 Å². The molecule has 19 heavy (non-hydrogen) atoms. The topological polar surface area (TPSA) is 81.1 Å². The average molecular weight is 272 g/mol. The molecule has 1 saturated heterocycles. The molecule has 0 aromatic carbocycles. The second kappa shape index (κ2) is 7.33. The van der Waals surface area contributed by atoms with E-state index in [9.17, 15) is 9.59 Å². The van der Waals surface area contributed by atoms with Gasteiger partial charge in [-0.1, -0.05) is 13.3 Å². The second-order valence-electron chi connectivity index (χ2n) is 5.01. The fraction of sp³-hybridized carbons (Fsp3) is 0.846. The quantitative estimate of drug-likeness (QED) is 0.755. The summed E-state index contributed by atoms with van der Waals surface area (Å²) in [6, 6.07) is -0.438. The Morgan fingerprint density at radius 2 is 2.05 bits per heavy atom. The first kappa shape index (κ1) is 15.8. The number of amides is 2. The van der Waals surface area contributed by atoms with Crippen molar-refractivity contribution in [3.63, 3.8) is 0 Å². The molecule has 0 saturated carbocycles.